The summed E-state index contributed by atoms with van der Waals surface area (Å²) in [6, 6.07) is 7.79. The molecule has 5 heteroatoms. The SMILES string of the molecule is CCOc1ccc(N2C[C@@H](C(=O)NC3CCCCCCC3)CC2=O)cc1. The van der Waals surface area contributed by atoms with Crippen molar-refractivity contribution in [3.8, 4) is 5.75 Å². The molecule has 2 aliphatic rings. The molecule has 5 nitrogen and oxygen atoms in total. The number of hydrogen-bond donors (Lipinski definition) is 1. The van der Waals surface area contributed by atoms with E-state index in [-0.39, 0.29) is 23.8 Å². The van der Waals surface area contributed by atoms with E-state index < -0.39 is 0 Å². The third-order valence-corrected chi connectivity index (χ3v) is 5.41. The Balaban J connectivity index is 1.56. The van der Waals surface area contributed by atoms with Crippen LogP contribution in [-0.4, -0.2) is 31.0 Å². The van der Waals surface area contributed by atoms with Gasteiger partial charge >= 0.3 is 0 Å². The first kappa shape index (κ1) is 18.7. The van der Waals surface area contributed by atoms with Crippen LogP contribution in [0.25, 0.3) is 0 Å². The molecule has 142 valence electrons. The molecule has 1 saturated carbocycles. The summed E-state index contributed by atoms with van der Waals surface area (Å²) in [5.74, 6) is 0.602. The Hall–Kier alpha value is -2.04. The first-order valence-corrected chi connectivity index (χ1v) is 10.0. The maximum Gasteiger partial charge on any atom is 0.227 e. The molecule has 0 bridgehead atoms. The lowest BCUT2D eigenvalue weighted by Gasteiger charge is -2.23. The minimum Gasteiger partial charge on any atom is -0.494 e. The molecule has 3 rings (SSSR count). The van der Waals surface area contributed by atoms with E-state index in [9.17, 15) is 9.59 Å². The van der Waals surface area contributed by atoms with Gasteiger partial charge in [0.15, 0.2) is 0 Å². The fourth-order valence-electron chi connectivity index (χ4n) is 3.94. The quantitative estimate of drug-likeness (QED) is 0.874. The van der Waals surface area contributed by atoms with Gasteiger partial charge in [-0.05, 0) is 44.0 Å². The highest BCUT2D eigenvalue weighted by Crippen LogP contribution is 2.27. The second-order valence-corrected chi connectivity index (χ2v) is 7.38. The predicted octanol–water partition coefficient (Wildman–Crippen LogP) is 3.67. The molecule has 1 heterocycles. The van der Waals surface area contributed by atoms with Crippen LogP contribution in [0.15, 0.2) is 24.3 Å². The Morgan fingerprint density at radius 2 is 1.77 bits per heavy atom. The molecule has 26 heavy (non-hydrogen) atoms. The minimum atomic E-state index is -0.250. The van der Waals surface area contributed by atoms with Gasteiger partial charge in [0.1, 0.15) is 5.75 Å². The Labute approximate surface area is 156 Å². The van der Waals surface area contributed by atoms with Crippen molar-refractivity contribution in [2.24, 2.45) is 5.92 Å². The molecule has 1 saturated heterocycles. The van der Waals surface area contributed by atoms with Crippen LogP contribution in [0.3, 0.4) is 0 Å². The van der Waals surface area contributed by atoms with Gasteiger partial charge in [-0.25, -0.2) is 0 Å². The fraction of sp³-hybridized carbons (Fsp3) is 0.619. The maximum atomic E-state index is 12.7. The smallest absolute Gasteiger partial charge is 0.227 e. The van der Waals surface area contributed by atoms with Gasteiger partial charge in [0.2, 0.25) is 11.8 Å². The molecule has 1 aliphatic carbocycles. The van der Waals surface area contributed by atoms with Gasteiger partial charge in [0, 0.05) is 24.7 Å². The van der Waals surface area contributed by atoms with Crippen LogP contribution >= 0.6 is 0 Å². The van der Waals surface area contributed by atoms with Crippen molar-refractivity contribution in [2.45, 2.75) is 64.3 Å². The van der Waals surface area contributed by atoms with Crippen molar-refractivity contribution < 1.29 is 14.3 Å². The lowest BCUT2D eigenvalue weighted by Crippen LogP contribution is -2.40. The van der Waals surface area contributed by atoms with E-state index in [1.807, 2.05) is 31.2 Å². The summed E-state index contributed by atoms with van der Waals surface area (Å²) in [4.78, 5) is 26.8. The van der Waals surface area contributed by atoms with Crippen molar-refractivity contribution in [1.82, 2.24) is 5.32 Å². The van der Waals surface area contributed by atoms with Crippen molar-refractivity contribution in [3.63, 3.8) is 0 Å². The number of hydrogen-bond acceptors (Lipinski definition) is 3. The number of benzene rings is 1. The minimum absolute atomic E-state index is 0.0203. The number of nitrogens with one attached hydrogen (secondary N) is 1. The molecular formula is C21H30N2O3. The standard InChI is InChI=1S/C21H30N2O3/c1-2-26-19-12-10-18(11-13-19)23-15-16(14-20(23)24)21(25)22-17-8-6-4-3-5-7-9-17/h10-13,16-17H,2-9,14-15H2,1H3,(H,22,25)/t16-/m0/s1. The zero-order valence-electron chi connectivity index (χ0n) is 15.7. The topological polar surface area (TPSA) is 58.6 Å². The summed E-state index contributed by atoms with van der Waals surface area (Å²) in [5.41, 5.74) is 0.833. The van der Waals surface area contributed by atoms with Crippen LogP contribution in [0.1, 0.15) is 58.3 Å². The van der Waals surface area contributed by atoms with Crippen molar-refractivity contribution in [2.75, 3.05) is 18.1 Å². The summed E-state index contributed by atoms with van der Waals surface area (Å²) < 4.78 is 5.45. The molecule has 0 aromatic heterocycles. The lowest BCUT2D eigenvalue weighted by atomic mass is 9.96. The van der Waals surface area contributed by atoms with Crippen molar-refractivity contribution in [3.05, 3.63) is 24.3 Å². The average Bonchev–Trinajstić information content (AvgIpc) is 3.00. The molecule has 0 spiro atoms. The predicted molar refractivity (Wildman–Crippen MR) is 102 cm³/mol. The molecule has 2 amide bonds. The number of nitrogens with zero attached hydrogens (tertiary/aromatic N) is 1. The summed E-state index contributed by atoms with van der Waals surface area (Å²) in [6.45, 7) is 3.02. The molecule has 1 aliphatic heterocycles. The summed E-state index contributed by atoms with van der Waals surface area (Å²) >= 11 is 0. The largest absolute Gasteiger partial charge is 0.494 e. The Kier molecular flexibility index (Phi) is 6.53. The highest BCUT2D eigenvalue weighted by Gasteiger charge is 2.35. The number of carbonyl (C=O) groups is 2. The number of anilines is 1. The lowest BCUT2D eigenvalue weighted by molar-refractivity contribution is -0.127. The van der Waals surface area contributed by atoms with E-state index in [4.69, 9.17) is 4.74 Å². The molecule has 1 atom stereocenters. The Morgan fingerprint density at radius 1 is 1.12 bits per heavy atom. The Bertz CT molecular complexity index is 606. The number of ether oxygens (including phenoxy) is 1. The van der Waals surface area contributed by atoms with Gasteiger partial charge in [-0.2, -0.15) is 0 Å². The van der Waals surface area contributed by atoms with Gasteiger partial charge in [0.25, 0.3) is 0 Å². The molecule has 0 radical (unpaired) electrons. The number of rotatable bonds is 5. The van der Waals surface area contributed by atoms with Crippen LogP contribution in [0.2, 0.25) is 0 Å². The average molecular weight is 358 g/mol. The third-order valence-electron chi connectivity index (χ3n) is 5.41. The van der Waals surface area contributed by atoms with E-state index >= 15 is 0 Å². The van der Waals surface area contributed by atoms with Crippen molar-refractivity contribution >= 4 is 17.5 Å². The molecule has 0 unspecified atom stereocenters. The second-order valence-electron chi connectivity index (χ2n) is 7.38. The molecule has 2 fully saturated rings. The number of carbonyl (C=O) groups excluding carboxylic acids is 2. The first-order chi connectivity index (χ1) is 12.7. The second kappa shape index (κ2) is 9.06. The molecule has 1 N–H and O–H groups in total. The van der Waals surface area contributed by atoms with Crippen LogP contribution in [0.5, 0.6) is 5.75 Å². The van der Waals surface area contributed by atoms with E-state index in [0.29, 0.717) is 19.6 Å². The van der Waals surface area contributed by atoms with Crippen LogP contribution in [0, 0.1) is 5.92 Å². The fourth-order valence-corrected chi connectivity index (χ4v) is 3.94. The van der Waals surface area contributed by atoms with E-state index in [2.05, 4.69) is 5.32 Å². The highest BCUT2D eigenvalue weighted by atomic mass is 16.5. The zero-order chi connectivity index (χ0) is 18.4. The normalized spacial score (nSPS) is 22.0. The molecule has 1 aromatic carbocycles. The third kappa shape index (κ3) is 4.77. The van der Waals surface area contributed by atoms with E-state index in [1.165, 1.54) is 32.1 Å². The summed E-state index contributed by atoms with van der Waals surface area (Å²) in [6.07, 6.45) is 8.64. The van der Waals surface area contributed by atoms with E-state index in [1.54, 1.807) is 4.90 Å². The van der Waals surface area contributed by atoms with Crippen LogP contribution in [-0.2, 0) is 9.59 Å². The van der Waals surface area contributed by atoms with Gasteiger partial charge in [-0.3, -0.25) is 9.59 Å². The molecule has 1 aromatic rings. The summed E-state index contributed by atoms with van der Waals surface area (Å²) in [5, 5.41) is 3.21. The van der Waals surface area contributed by atoms with Gasteiger partial charge in [0.05, 0.1) is 12.5 Å². The summed E-state index contributed by atoms with van der Waals surface area (Å²) in [7, 11) is 0. The van der Waals surface area contributed by atoms with Gasteiger partial charge in [-0.1, -0.05) is 32.1 Å². The van der Waals surface area contributed by atoms with Crippen molar-refractivity contribution in [1.29, 1.82) is 0 Å². The number of amides is 2. The van der Waals surface area contributed by atoms with E-state index in [0.717, 1.165) is 24.3 Å². The molecular weight excluding hydrogens is 328 g/mol. The van der Waals surface area contributed by atoms with Gasteiger partial charge < -0.3 is 15.0 Å². The van der Waals surface area contributed by atoms with Crippen LogP contribution < -0.4 is 15.0 Å². The zero-order valence-corrected chi connectivity index (χ0v) is 15.7. The van der Waals surface area contributed by atoms with Gasteiger partial charge in [-0.15, -0.1) is 0 Å². The first-order valence-electron chi connectivity index (χ1n) is 10.0. The monoisotopic (exact) mass is 358 g/mol. The Morgan fingerprint density at radius 3 is 2.42 bits per heavy atom. The van der Waals surface area contributed by atoms with Crippen LogP contribution in [0.4, 0.5) is 5.69 Å². The maximum absolute atomic E-state index is 12.7. The highest BCUT2D eigenvalue weighted by molar-refractivity contribution is 6.00.